The van der Waals surface area contributed by atoms with Crippen LogP contribution in [-0.4, -0.2) is 60.6 Å². The first-order valence-electron chi connectivity index (χ1n) is 9.89. The normalized spacial score (nSPS) is 22.2. The van der Waals surface area contributed by atoms with E-state index in [1.165, 1.54) is 23.2 Å². The summed E-state index contributed by atoms with van der Waals surface area (Å²) in [4.78, 5) is 6.90. The fourth-order valence-corrected chi connectivity index (χ4v) is 6.69. The highest BCUT2D eigenvalue weighted by molar-refractivity contribution is 7.88. The van der Waals surface area contributed by atoms with Crippen molar-refractivity contribution in [2.24, 2.45) is 0 Å². The maximum absolute atomic E-state index is 11.8. The molecule has 158 valence electrons. The van der Waals surface area contributed by atoms with Gasteiger partial charge in [0.25, 0.3) is 5.19 Å². The summed E-state index contributed by atoms with van der Waals surface area (Å²) < 4.78 is 32.2. The number of benzene rings is 2. The third kappa shape index (κ3) is 3.94. The first-order chi connectivity index (χ1) is 14.4. The van der Waals surface area contributed by atoms with Gasteiger partial charge in [0.2, 0.25) is 10.0 Å². The maximum Gasteiger partial charge on any atom is 0.279 e. The highest BCUT2D eigenvalue weighted by Gasteiger charge is 2.46. The first kappa shape index (κ1) is 20.2. The monoisotopic (exact) mass is 463 g/mol. The van der Waals surface area contributed by atoms with E-state index in [1.807, 2.05) is 30.3 Å². The smallest absolute Gasteiger partial charge is 0.279 e. The second-order valence-electron chi connectivity index (χ2n) is 7.93. The number of hydrogen-bond donors (Lipinski definition) is 0. The molecule has 0 N–H and O–H groups in total. The molecule has 2 saturated heterocycles. The number of thiazole rings is 1. The Kier molecular flexibility index (Phi) is 5.23. The van der Waals surface area contributed by atoms with Crippen LogP contribution >= 0.6 is 22.9 Å². The van der Waals surface area contributed by atoms with Crippen molar-refractivity contribution in [2.45, 2.75) is 24.9 Å². The van der Waals surface area contributed by atoms with Gasteiger partial charge in [0.05, 0.1) is 21.5 Å². The topological polar surface area (TPSA) is 62.7 Å². The van der Waals surface area contributed by atoms with E-state index in [4.69, 9.17) is 16.3 Å². The van der Waals surface area contributed by atoms with Crippen molar-refractivity contribution in [3.8, 4) is 10.9 Å². The van der Waals surface area contributed by atoms with E-state index >= 15 is 0 Å². The predicted octanol–water partition coefficient (Wildman–Crippen LogP) is 4.00. The third-order valence-electron chi connectivity index (χ3n) is 5.89. The summed E-state index contributed by atoms with van der Waals surface area (Å²) in [6.45, 7) is 2.40. The predicted molar refractivity (Wildman–Crippen MR) is 120 cm³/mol. The summed E-state index contributed by atoms with van der Waals surface area (Å²) in [7, 11) is -3.08. The zero-order valence-electron chi connectivity index (χ0n) is 16.5. The summed E-state index contributed by atoms with van der Waals surface area (Å²) in [5.74, 6) is 0.748. The number of halogens is 1. The molecule has 3 heterocycles. The van der Waals surface area contributed by atoms with Crippen LogP contribution in [0.4, 0.5) is 0 Å². The molecule has 3 aromatic rings. The van der Waals surface area contributed by atoms with Crippen LogP contribution in [0.5, 0.6) is 10.9 Å². The SMILES string of the molecule is CS(=O)(=O)N1C[C@H]2C[C@@H]1CN2CCc1ccc(Oc2nc3cccc(Cl)c3s2)cc1. The molecule has 0 saturated carbocycles. The Bertz CT molecular complexity index is 1180. The minimum absolute atomic E-state index is 0.142. The zero-order valence-corrected chi connectivity index (χ0v) is 18.9. The molecule has 0 aliphatic carbocycles. The van der Waals surface area contributed by atoms with Crippen molar-refractivity contribution in [3.63, 3.8) is 0 Å². The average molecular weight is 464 g/mol. The van der Waals surface area contributed by atoms with Crippen molar-refractivity contribution in [1.82, 2.24) is 14.2 Å². The summed E-state index contributed by atoms with van der Waals surface area (Å²) in [6, 6.07) is 14.2. The van der Waals surface area contributed by atoms with Gasteiger partial charge in [0, 0.05) is 31.7 Å². The average Bonchev–Trinajstić information content (AvgIpc) is 3.41. The molecule has 30 heavy (non-hydrogen) atoms. The lowest BCUT2D eigenvalue weighted by atomic mass is 10.1. The molecule has 2 fully saturated rings. The number of likely N-dealkylation sites (tertiary alicyclic amines) is 1. The molecule has 0 unspecified atom stereocenters. The molecular weight excluding hydrogens is 442 g/mol. The summed E-state index contributed by atoms with van der Waals surface area (Å²) in [5, 5.41) is 1.26. The largest absolute Gasteiger partial charge is 0.431 e. The van der Waals surface area contributed by atoms with Gasteiger partial charge in [-0.3, -0.25) is 4.90 Å². The number of fused-ring (bicyclic) bond motifs is 3. The van der Waals surface area contributed by atoms with Crippen LogP contribution < -0.4 is 4.74 Å². The van der Waals surface area contributed by atoms with Crippen LogP contribution in [0.25, 0.3) is 10.2 Å². The van der Waals surface area contributed by atoms with Gasteiger partial charge in [-0.05, 0) is 42.7 Å². The van der Waals surface area contributed by atoms with Crippen LogP contribution in [0.3, 0.4) is 0 Å². The van der Waals surface area contributed by atoms with Crippen LogP contribution in [0.2, 0.25) is 5.02 Å². The van der Waals surface area contributed by atoms with Gasteiger partial charge in [0.15, 0.2) is 0 Å². The van der Waals surface area contributed by atoms with Gasteiger partial charge in [0.1, 0.15) is 5.75 Å². The number of aromatic nitrogens is 1. The lowest BCUT2D eigenvalue weighted by Gasteiger charge is -2.32. The van der Waals surface area contributed by atoms with Crippen molar-refractivity contribution >= 4 is 43.2 Å². The summed E-state index contributed by atoms with van der Waals surface area (Å²) in [6.07, 6.45) is 3.19. The van der Waals surface area contributed by atoms with E-state index < -0.39 is 10.0 Å². The van der Waals surface area contributed by atoms with Gasteiger partial charge < -0.3 is 4.74 Å². The highest BCUT2D eigenvalue weighted by atomic mass is 35.5. The molecule has 0 spiro atoms. The molecule has 5 rings (SSSR count). The van der Waals surface area contributed by atoms with Crippen LogP contribution in [0, 0.1) is 0 Å². The minimum atomic E-state index is -3.08. The van der Waals surface area contributed by atoms with Crippen molar-refractivity contribution < 1.29 is 13.2 Å². The van der Waals surface area contributed by atoms with Crippen molar-refractivity contribution in [1.29, 1.82) is 0 Å². The van der Waals surface area contributed by atoms with E-state index in [0.717, 1.165) is 41.9 Å². The van der Waals surface area contributed by atoms with E-state index in [0.29, 0.717) is 22.8 Å². The van der Waals surface area contributed by atoms with E-state index in [1.54, 1.807) is 4.31 Å². The lowest BCUT2D eigenvalue weighted by molar-refractivity contribution is 0.184. The second-order valence-corrected chi connectivity index (χ2v) is 11.2. The van der Waals surface area contributed by atoms with Crippen molar-refractivity contribution in [3.05, 3.63) is 53.1 Å². The van der Waals surface area contributed by atoms with Crippen LogP contribution in [0.15, 0.2) is 42.5 Å². The highest BCUT2D eigenvalue weighted by Crippen LogP contribution is 2.35. The van der Waals surface area contributed by atoms with Gasteiger partial charge in [-0.25, -0.2) is 13.4 Å². The van der Waals surface area contributed by atoms with Gasteiger partial charge >= 0.3 is 0 Å². The zero-order chi connectivity index (χ0) is 20.9. The first-order valence-corrected chi connectivity index (χ1v) is 12.9. The molecule has 2 bridgehead atoms. The Morgan fingerprint density at radius 1 is 1.17 bits per heavy atom. The maximum atomic E-state index is 11.8. The standard InChI is InChI=1S/C21H22ClN3O3S2/c1-30(26,27)25-13-15-11-16(25)12-24(15)10-9-14-5-7-17(8-6-14)28-21-23-19-4-2-3-18(22)20(19)29-21/h2-8,15-16H,9-13H2,1H3/t15-,16-/m1/s1. The third-order valence-corrected chi connectivity index (χ3v) is 8.60. The molecule has 2 aliphatic heterocycles. The molecule has 1 aromatic heterocycles. The molecule has 6 nitrogen and oxygen atoms in total. The molecule has 2 aliphatic rings. The van der Waals surface area contributed by atoms with Crippen molar-refractivity contribution in [2.75, 3.05) is 25.9 Å². The van der Waals surface area contributed by atoms with Gasteiger partial charge in [-0.1, -0.05) is 41.1 Å². The molecular formula is C21H22ClN3O3S2. The quantitative estimate of drug-likeness (QED) is 0.552. The molecule has 2 aromatic carbocycles. The second kappa shape index (κ2) is 7.76. The summed E-state index contributed by atoms with van der Waals surface area (Å²) in [5.41, 5.74) is 2.07. The van der Waals surface area contributed by atoms with Crippen LogP contribution in [0.1, 0.15) is 12.0 Å². The fourth-order valence-electron chi connectivity index (χ4n) is 4.43. The molecule has 9 heteroatoms. The van der Waals surface area contributed by atoms with Crippen LogP contribution in [-0.2, 0) is 16.4 Å². The molecule has 2 atom stereocenters. The summed E-state index contributed by atoms with van der Waals surface area (Å²) >= 11 is 7.65. The van der Waals surface area contributed by atoms with E-state index in [9.17, 15) is 8.42 Å². The number of nitrogens with zero attached hydrogens (tertiary/aromatic N) is 3. The number of ether oxygens (including phenoxy) is 1. The van der Waals surface area contributed by atoms with E-state index in [-0.39, 0.29) is 6.04 Å². The van der Waals surface area contributed by atoms with Gasteiger partial charge in [-0.15, -0.1) is 0 Å². The Morgan fingerprint density at radius 3 is 2.63 bits per heavy atom. The lowest BCUT2D eigenvalue weighted by Crippen LogP contribution is -2.48. The minimum Gasteiger partial charge on any atom is -0.431 e. The number of sulfonamides is 1. The number of hydrogen-bond acceptors (Lipinski definition) is 6. The Labute approximate surface area is 185 Å². The number of rotatable bonds is 6. The Balaban J connectivity index is 1.18. The molecule has 0 radical (unpaired) electrons. The fraction of sp³-hybridized carbons (Fsp3) is 0.381. The molecule has 0 amide bonds. The Hall–Kier alpha value is -1.71. The van der Waals surface area contributed by atoms with Gasteiger partial charge in [-0.2, -0.15) is 4.31 Å². The Morgan fingerprint density at radius 2 is 1.97 bits per heavy atom. The van der Waals surface area contributed by atoms with E-state index in [2.05, 4.69) is 22.0 Å². The number of piperazine rings is 1.